The van der Waals surface area contributed by atoms with Crippen LogP contribution in [-0.2, 0) is 16.1 Å². The fraction of sp³-hybridized carbons (Fsp3) is 0.318. The monoisotopic (exact) mass is 363 g/mol. The van der Waals surface area contributed by atoms with Crippen LogP contribution in [0, 0.1) is 11.8 Å². The number of rotatable bonds is 6. The number of carbonyl (C=O) groups is 2. The van der Waals surface area contributed by atoms with Crippen molar-refractivity contribution in [3.8, 4) is 0 Å². The summed E-state index contributed by atoms with van der Waals surface area (Å²) in [5.74, 6) is -0.384. The smallest absolute Gasteiger partial charge is 0.245 e. The predicted octanol–water partition coefficient (Wildman–Crippen LogP) is 3.21. The Morgan fingerprint density at radius 1 is 1.11 bits per heavy atom. The number of benzene rings is 2. The van der Waals surface area contributed by atoms with Gasteiger partial charge in [0.25, 0.3) is 0 Å². The van der Waals surface area contributed by atoms with Crippen LogP contribution < -0.4 is 5.43 Å². The number of nitrogens with zero attached hydrogens (tertiary/aromatic N) is 2. The Hall–Kier alpha value is -2.95. The third-order valence-corrected chi connectivity index (χ3v) is 4.70. The van der Waals surface area contributed by atoms with Crippen molar-refractivity contribution < 1.29 is 9.59 Å². The Balaban J connectivity index is 1.63. The van der Waals surface area contributed by atoms with Gasteiger partial charge in [-0.25, -0.2) is 5.43 Å². The summed E-state index contributed by atoms with van der Waals surface area (Å²) < 4.78 is 0. The van der Waals surface area contributed by atoms with Crippen molar-refractivity contribution in [3.63, 3.8) is 0 Å². The molecule has 0 bridgehead atoms. The summed E-state index contributed by atoms with van der Waals surface area (Å²) in [6, 6.07) is 19.6. The van der Waals surface area contributed by atoms with E-state index in [-0.39, 0.29) is 30.1 Å². The van der Waals surface area contributed by atoms with Gasteiger partial charge in [-0.3, -0.25) is 9.59 Å². The number of carbonyl (C=O) groups excluding carboxylic acids is 2. The van der Waals surface area contributed by atoms with Gasteiger partial charge in [0.05, 0.1) is 11.6 Å². The van der Waals surface area contributed by atoms with Crippen molar-refractivity contribution in [2.75, 3.05) is 6.54 Å². The molecule has 1 aliphatic rings. The van der Waals surface area contributed by atoms with Gasteiger partial charge in [0, 0.05) is 19.5 Å². The molecule has 27 heavy (non-hydrogen) atoms. The molecule has 140 valence electrons. The molecule has 2 aromatic carbocycles. The molecule has 5 heteroatoms. The molecule has 3 rings (SSSR count). The third-order valence-electron chi connectivity index (χ3n) is 4.70. The van der Waals surface area contributed by atoms with E-state index >= 15 is 0 Å². The van der Waals surface area contributed by atoms with Gasteiger partial charge in [-0.15, -0.1) is 0 Å². The van der Waals surface area contributed by atoms with Gasteiger partial charge < -0.3 is 4.90 Å². The summed E-state index contributed by atoms with van der Waals surface area (Å²) >= 11 is 0. The average molecular weight is 363 g/mol. The minimum Gasteiger partial charge on any atom is -0.338 e. The molecule has 1 atom stereocenters. The predicted molar refractivity (Wildman–Crippen MR) is 106 cm³/mol. The molecule has 0 aliphatic carbocycles. The second-order valence-corrected chi connectivity index (χ2v) is 7.15. The highest BCUT2D eigenvalue weighted by Gasteiger charge is 2.34. The first-order valence-electron chi connectivity index (χ1n) is 9.29. The van der Waals surface area contributed by atoms with Crippen LogP contribution in [0.2, 0.25) is 0 Å². The lowest BCUT2D eigenvalue weighted by Crippen LogP contribution is -2.31. The summed E-state index contributed by atoms with van der Waals surface area (Å²) in [6.45, 7) is 5.04. The summed E-state index contributed by atoms with van der Waals surface area (Å²) in [4.78, 5) is 26.6. The van der Waals surface area contributed by atoms with E-state index in [4.69, 9.17) is 0 Å². The molecular formula is C22H25N3O2. The summed E-state index contributed by atoms with van der Waals surface area (Å²) in [5.41, 5.74) is 5.56. The van der Waals surface area contributed by atoms with Crippen LogP contribution >= 0.6 is 0 Å². The van der Waals surface area contributed by atoms with Gasteiger partial charge in [0.15, 0.2) is 0 Å². The molecule has 1 aliphatic heterocycles. The topological polar surface area (TPSA) is 61.8 Å². The molecule has 2 aromatic rings. The van der Waals surface area contributed by atoms with Gasteiger partial charge in [-0.1, -0.05) is 74.5 Å². The molecule has 5 nitrogen and oxygen atoms in total. The SMILES string of the molecule is CC(C)/C(=N\NC(=O)C1CC(=O)N(Cc2ccccc2)C1)c1ccccc1. The minimum atomic E-state index is -0.367. The number of hydrogen-bond donors (Lipinski definition) is 1. The first kappa shape index (κ1) is 18.8. The molecule has 0 aromatic heterocycles. The van der Waals surface area contributed by atoms with E-state index in [1.54, 1.807) is 4.90 Å². The Labute approximate surface area is 160 Å². The van der Waals surface area contributed by atoms with Crippen LogP contribution in [0.3, 0.4) is 0 Å². The van der Waals surface area contributed by atoms with Gasteiger partial charge in [-0.2, -0.15) is 5.10 Å². The highest BCUT2D eigenvalue weighted by atomic mass is 16.2. The van der Waals surface area contributed by atoms with Crippen molar-refractivity contribution in [3.05, 3.63) is 71.8 Å². The maximum Gasteiger partial charge on any atom is 0.245 e. The fourth-order valence-corrected chi connectivity index (χ4v) is 3.25. The number of nitrogens with one attached hydrogen (secondary N) is 1. The van der Waals surface area contributed by atoms with Crippen LogP contribution in [0.1, 0.15) is 31.4 Å². The maximum atomic E-state index is 12.6. The quantitative estimate of drug-likeness (QED) is 0.633. The maximum absolute atomic E-state index is 12.6. The number of amides is 2. The van der Waals surface area contributed by atoms with E-state index in [2.05, 4.69) is 10.5 Å². The first-order chi connectivity index (χ1) is 13.0. The van der Waals surface area contributed by atoms with E-state index < -0.39 is 0 Å². The van der Waals surface area contributed by atoms with Crippen molar-refractivity contribution in [2.45, 2.75) is 26.8 Å². The van der Waals surface area contributed by atoms with Gasteiger partial charge in [0.1, 0.15) is 0 Å². The summed E-state index contributed by atoms with van der Waals surface area (Å²) in [6.07, 6.45) is 0.233. The van der Waals surface area contributed by atoms with Crippen LogP contribution in [-0.4, -0.2) is 29.0 Å². The van der Waals surface area contributed by atoms with Crippen LogP contribution in [0.15, 0.2) is 65.8 Å². The van der Waals surface area contributed by atoms with Crippen molar-refractivity contribution in [1.29, 1.82) is 0 Å². The van der Waals surface area contributed by atoms with Crippen LogP contribution in [0.25, 0.3) is 0 Å². The summed E-state index contributed by atoms with van der Waals surface area (Å²) in [5, 5.41) is 4.36. The minimum absolute atomic E-state index is 0.00938. The highest BCUT2D eigenvalue weighted by Crippen LogP contribution is 2.20. The molecule has 1 unspecified atom stereocenters. The Kier molecular flexibility index (Phi) is 6.01. The lowest BCUT2D eigenvalue weighted by molar-refractivity contribution is -0.129. The molecule has 2 amide bonds. The molecule has 1 saturated heterocycles. The van der Waals surface area contributed by atoms with E-state index in [1.165, 1.54) is 0 Å². The van der Waals surface area contributed by atoms with E-state index in [0.717, 1.165) is 16.8 Å². The zero-order chi connectivity index (χ0) is 19.2. The van der Waals surface area contributed by atoms with Crippen LogP contribution in [0.4, 0.5) is 0 Å². The molecule has 0 spiro atoms. The van der Waals surface area contributed by atoms with Gasteiger partial charge in [0.2, 0.25) is 11.8 Å². The largest absolute Gasteiger partial charge is 0.338 e. The van der Waals surface area contributed by atoms with Gasteiger partial charge in [-0.05, 0) is 17.0 Å². The molecule has 1 heterocycles. The number of hydrazone groups is 1. The van der Waals surface area contributed by atoms with E-state index in [1.807, 2.05) is 74.5 Å². The molecular weight excluding hydrogens is 338 g/mol. The lowest BCUT2D eigenvalue weighted by atomic mass is 10.0. The van der Waals surface area contributed by atoms with Gasteiger partial charge >= 0.3 is 0 Å². The normalized spacial score (nSPS) is 17.4. The van der Waals surface area contributed by atoms with Crippen molar-refractivity contribution >= 4 is 17.5 Å². The van der Waals surface area contributed by atoms with Crippen molar-refractivity contribution in [1.82, 2.24) is 10.3 Å². The lowest BCUT2D eigenvalue weighted by Gasteiger charge is -2.16. The highest BCUT2D eigenvalue weighted by molar-refractivity contribution is 6.02. The first-order valence-corrected chi connectivity index (χ1v) is 9.29. The average Bonchev–Trinajstić information content (AvgIpc) is 3.04. The molecule has 1 N–H and O–H groups in total. The van der Waals surface area contributed by atoms with Crippen molar-refractivity contribution in [2.24, 2.45) is 16.9 Å². The van der Waals surface area contributed by atoms with Crippen LogP contribution in [0.5, 0.6) is 0 Å². The number of likely N-dealkylation sites (tertiary alicyclic amines) is 1. The molecule has 0 saturated carbocycles. The molecule has 1 fully saturated rings. The standard InChI is InChI=1S/C22H25N3O2/c1-16(2)21(18-11-7-4-8-12-18)23-24-22(27)19-13-20(26)25(15-19)14-17-9-5-3-6-10-17/h3-12,16,19H,13-15H2,1-2H3,(H,24,27)/b23-21+. The third kappa shape index (κ3) is 4.82. The zero-order valence-corrected chi connectivity index (χ0v) is 15.8. The Morgan fingerprint density at radius 3 is 2.37 bits per heavy atom. The summed E-state index contributed by atoms with van der Waals surface area (Å²) in [7, 11) is 0. The molecule has 0 radical (unpaired) electrons. The zero-order valence-electron chi connectivity index (χ0n) is 15.8. The number of hydrogen-bond acceptors (Lipinski definition) is 3. The second kappa shape index (κ2) is 8.62. The van der Waals surface area contributed by atoms with E-state index in [0.29, 0.717) is 13.1 Å². The Morgan fingerprint density at radius 2 is 1.74 bits per heavy atom. The Bertz CT molecular complexity index is 816. The second-order valence-electron chi connectivity index (χ2n) is 7.15. The van der Waals surface area contributed by atoms with E-state index in [9.17, 15) is 9.59 Å². The fourth-order valence-electron chi connectivity index (χ4n) is 3.25.